The van der Waals surface area contributed by atoms with E-state index in [2.05, 4.69) is 0 Å². The van der Waals surface area contributed by atoms with E-state index in [0.717, 1.165) is 11.1 Å². The summed E-state index contributed by atoms with van der Waals surface area (Å²) in [6.07, 6.45) is 0.459. The number of hydrogen-bond donors (Lipinski definition) is 1. The molecule has 3 rings (SSSR count). The van der Waals surface area contributed by atoms with Crippen LogP contribution in [0.15, 0.2) is 54.6 Å². The van der Waals surface area contributed by atoms with E-state index in [1.807, 2.05) is 12.1 Å². The Morgan fingerprint density at radius 3 is 2.14 bits per heavy atom. The maximum atomic E-state index is 14.4. The van der Waals surface area contributed by atoms with Crippen molar-refractivity contribution >= 4 is 0 Å². The molecule has 0 aliphatic heterocycles. The highest BCUT2D eigenvalue weighted by atomic mass is 19.2. The average Bonchev–Trinajstić information content (AvgIpc) is 2.70. The van der Waals surface area contributed by atoms with Gasteiger partial charge in [0.2, 0.25) is 5.82 Å². The molecule has 0 aliphatic carbocycles. The first-order valence-electron chi connectivity index (χ1n) is 9.57. The number of ether oxygens (including phenoxy) is 1. The molecule has 0 amide bonds. The summed E-state index contributed by atoms with van der Waals surface area (Å²) in [5.74, 6) is -2.44. The molecule has 3 aromatic carbocycles. The summed E-state index contributed by atoms with van der Waals surface area (Å²) in [6.45, 7) is 3.49. The quantitative estimate of drug-likeness (QED) is 0.526. The number of aliphatic hydroxyl groups is 1. The molecule has 0 bridgehead atoms. The van der Waals surface area contributed by atoms with Gasteiger partial charge in [0, 0.05) is 11.1 Å². The minimum atomic E-state index is -0.990. The van der Waals surface area contributed by atoms with Crippen molar-refractivity contribution in [2.75, 3.05) is 6.61 Å². The molecule has 1 N–H and O–H groups in total. The summed E-state index contributed by atoms with van der Waals surface area (Å²) in [4.78, 5) is 0. The van der Waals surface area contributed by atoms with E-state index >= 15 is 0 Å². The third-order valence-electron chi connectivity index (χ3n) is 4.83. The lowest BCUT2D eigenvalue weighted by Gasteiger charge is -2.10. The lowest BCUT2D eigenvalue weighted by atomic mass is 9.99. The second kappa shape index (κ2) is 9.14. The average molecular weight is 400 g/mol. The van der Waals surface area contributed by atoms with Crippen LogP contribution >= 0.6 is 0 Å². The molecule has 152 valence electrons. The molecule has 0 radical (unpaired) electrons. The second-order valence-corrected chi connectivity index (χ2v) is 6.90. The van der Waals surface area contributed by atoms with Crippen molar-refractivity contribution in [1.82, 2.24) is 0 Å². The van der Waals surface area contributed by atoms with Crippen LogP contribution in [0.5, 0.6) is 5.75 Å². The summed E-state index contributed by atoms with van der Waals surface area (Å²) in [6, 6.07) is 15.0. The van der Waals surface area contributed by atoms with E-state index in [1.54, 1.807) is 31.2 Å². The van der Waals surface area contributed by atoms with Gasteiger partial charge in [-0.05, 0) is 61.6 Å². The fourth-order valence-corrected chi connectivity index (χ4v) is 3.23. The van der Waals surface area contributed by atoms with E-state index < -0.39 is 23.6 Å². The van der Waals surface area contributed by atoms with Crippen molar-refractivity contribution in [3.05, 3.63) is 88.7 Å². The minimum Gasteiger partial charge on any atom is -0.491 e. The topological polar surface area (TPSA) is 29.5 Å². The van der Waals surface area contributed by atoms with Gasteiger partial charge in [-0.1, -0.05) is 36.4 Å². The van der Waals surface area contributed by atoms with Crippen molar-refractivity contribution < 1.29 is 23.0 Å². The van der Waals surface area contributed by atoms with Crippen LogP contribution in [0.1, 0.15) is 36.6 Å². The smallest absolute Gasteiger partial charge is 0.201 e. The Balaban J connectivity index is 1.71. The first-order chi connectivity index (χ1) is 13.9. The van der Waals surface area contributed by atoms with E-state index in [1.165, 1.54) is 25.1 Å². The van der Waals surface area contributed by atoms with Crippen molar-refractivity contribution in [2.24, 2.45) is 0 Å². The van der Waals surface area contributed by atoms with Crippen LogP contribution in [-0.2, 0) is 12.8 Å². The van der Waals surface area contributed by atoms with Crippen LogP contribution in [0, 0.1) is 17.5 Å². The predicted molar refractivity (Wildman–Crippen MR) is 107 cm³/mol. The molecule has 3 aromatic rings. The molecule has 5 heteroatoms. The van der Waals surface area contributed by atoms with Crippen LogP contribution in [0.25, 0.3) is 11.1 Å². The third-order valence-corrected chi connectivity index (χ3v) is 4.83. The predicted octanol–water partition coefficient (Wildman–Crippen LogP) is 6.01. The van der Waals surface area contributed by atoms with Crippen molar-refractivity contribution in [1.29, 1.82) is 0 Å². The maximum Gasteiger partial charge on any atom is 0.201 e. The molecule has 0 fully saturated rings. The minimum absolute atomic E-state index is 0.0980. The SMILES string of the molecule is CCOc1ccc(-c2ccc(CCc3ccc(C(C)O)c(F)c3)cc2)c(F)c1F. The highest BCUT2D eigenvalue weighted by Crippen LogP contribution is 2.30. The Hall–Kier alpha value is -2.79. The Bertz CT molecular complexity index is 982. The Labute approximate surface area is 168 Å². The first-order valence-corrected chi connectivity index (χ1v) is 9.57. The number of aryl methyl sites for hydroxylation is 2. The van der Waals surface area contributed by atoms with E-state index in [4.69, 9.17) is 4.74 Å². The lowest BCUT2D eigenvalue weighted by Crippen LogP contribution is -1.99. The maximum absolute atomic E-state index is 14.4. The fraction of sp³-hybridized carbons (Fsp3) is 0.250. The molecule has 0 aliphatic rings. The van der Waals surface area contributed by atoms with Crippen molar-refractivity contribution in [3.8, 4) is 16.9 Å². The van der Waals surface area contributed by atoms with Gasteiger partial charge in [-0.25, -0.2) is 8.78 Å². The molecule has 0 heterocycles. The van der Waals surface area contributed by atoms with E-state index in [9.17, 15) is 18.3 Å². The van der Waals surface area contributed by atoms with Gasteiger partial charge >= 0.3 is 0 Å². The number of aliphatic hydroxyl groups excluding tert-OH is 1. The number of rotatable bonds is 7. The zero-order valence-corrected chi connectivity index (χ0v) is 16.4. The highest BCUT2D eigenvalue weighted by Gasteiger charge is 2.15. The molecule has 0 spiro atoms. The Morgan fingerprint density at radius 2 is 1.52 bits per heavy atom. The molecular formula is C24H23F3O2. The lowest BCUT2D eigenvalue weighted by molar-refractivity contribution is 0.194. The van der Waals surface area contributed by atoms with Gasteiger partial charge < -0.3 is 9.84 Å². The van der Waals surface area contributed by atoms with Crippen LogP contribution in [0.3, 0.4) is 0 Å². The molecule has 0 saturated heterocycles. The normalized spacial score (nSPS) is 12.1. The Morgan fingerprint density at radius 1 is 0.862 bits per heavy atom. The second-order valence-electron chi connectivity index (χ2n) is 6.90. The monoisotopic (exact) mass is 400 g/mol. The Kier molecular flexibility index (Phi) is 6.60. The zero-order valence-electron chi connectivity index (χ0n) is 16.4. The fourth-order valence-electron chi connectivity index (χ4n) is 3.23. The molecule has 29 heavy (non-hydrogen) atoms. The third kappa shape index (κ3) is 4.80. The summed E-state index contributed by atoms with van der Waals surface area (Å²) in [5, 5.41) is 9.50. The zero-order chi connectivity index (χ0) is 21.0. The van der Waals surface area contributed by atoms with Crippen molar-refractivity contribution in [2.45, 2.75) is 32.8 Å². The van der Waals surface area contributed by atoms with Crippen molar-refractivity contribution in [3.63, 3.8) is 0 Å². The van der Waals surface area contributed by atoms with Crippen LogP contribution in [-0.4, -0.2) is 11.7 Å². The summed E-state index contributed by atoms with van der Waals surface area (Å²) in [5.41, 5.74) is 2.85. The van der Waals surface area contributed by atoms with Gasteiger partial charge in [-0.3, -0.25) is 0 Å². The van der Waals surface area contributed by atoms with E-state index in [-0.39, 0.29) is 23.5 Å². The molecule has 1 unspecified atom stereocenters. The van der Waals surface area contributed by atoms with Gasteiger partial charge in [0.25, 0.3) is 0 Å². The van der Waals surface area contributed by atoms with Crippen LogP contribution < -0.4 is 4.74 Å². The molecule has 0 saturated carbocycles. The highest BCUT2D eigenvalue weighted by molar-refractivity contribution is 5.65. The molecule has 2 nitrogen and oxygen atoms in total. The van der Waals surface area contributed by atoms with Gasteiger partial charge in [0.05, 0.1) is 12.7 Å². The van der Waals surface area contributed by atoms with Crippen LogP contribution in [0.2, 0.25) is 0 Å². The van der Waals surface area contributed by atoms with E-state index in [0.29, 0.717) is 18.4 Å². The summed E-state index contributed by atoms with van der Waals surface area (Å²) in [7, 11) is 0. The number of halogens is 3. The number of benzene rings is 3. The molecular weight excluding hydrogens is 377 g/mol. The van der Waals surface area contributed by atoms with Gasteiger partial charge in [-0.2, -0.15) is 4.39 Å². The van der Waals surface area contributed by atoms with Gasteiger partial charge in [0.1, 0.15) is 5.82 Å². The first kappa shape index (κ1) is 20.9. The standard InChI is InChI=1S/C24H23F3O2/c1-3-29-22-13-12-20(23(26)24(22)27)18-9-6-16(7-10-18)4-5-17-8-11-19(15(2)28)21(25)14-17/h6-15,28H,3-5H2,1-2H3. The van der Waals surface area contributed by atoms with Gasteiger partial charge in [-0.15, -0.1) is 0 Å². The number of hydrogen-bond acceptors (Lipinski definition) is 2. The summed E-state index contributed by atoms with van der Waals surface area (Å²) < 4.78 is 47.5. The molecule has 1 atom stereocenters. The largest absolute Gasteiger partial charge is 0.491 e. The summed E-state index contributed by atoms with van der Waals surface area (Å²) >= 11 is 0. The van der Waals surface area contributed by atoms with Gasteiger partial charge in [0.15, 0.2) is 11.6 Å². The van der Waals surface area contributed by atoms with Crippen LogP contribution in [0.4, 0.5) is 13.2 Å². The molecule has 0 aromatic heterocycles.